The molecular weight excluding hydrogens is 224 g/mol. The van der Waals surface area contributed by atoms with Gasteiger partial charge in [-0.25, -0.2) is 0 Å². The highest BCUT2D eigenvalue weighted by molar-refractivity contribution is 5.83. The predicted molar refractivity (Wildman–Crippen MR) is 75.8 cm³/mol. The Labute approximate surface area is 109 Å². The Kier molecular flexibility index (Phi) is 4.04. The molecule has 1 heterocycles. The summed E-state index contributed by atoms with van der Waals surface area (Å²) in [4.78, 5) is 0. The van der Waals surface area contributed by atoms with Crippen LogP contribution in [0, 0.1) is 0 Å². The van der Waals surface area contributed by atoms with Crippen molar-refractivity contribution >= 4 is 10.9 Å². The standard InChI is InChI=1S/C15H22N2O/c1-11(16)9-13-5-4-6-15-14(13)7-8-17(15)10-12(2)18-3/h4-8,11-12H,9-10,16H2,1-3H3. The molecule has 98 valence electrons. The number of nitrogens with zero attached hydrogens (tertiary/aromatic N) is 1. The number of methoxy groups -OCH3 is 1. The second kappa shape index (κ2) is 5.55. The summed E-state index contributed by atoms with van der Waals surface area (Å²) in [6.07, 6.45) is 3.27. The van der Waals surface area contributed by atoms with Gasteiger partial charge in [0.15, 0.2) is 0 Å². The molecule has 0 radical (unpaired) electrons. The second-order valence-electron chi connectivity index (χ2n) is 5.05. The molecule has 2 aromatic rings. The van der Waals surface area contributed by atoms with Gasteiger partial charge in [-0.05, 0) is 38.0 Å². The number of hydrogen-bond donors (Lipinski definition) is 1. The highest BCUT2D eigenvalue weighted by atomic mass is 16.5. The van der Waals surface area contributed by atoms with Crippen LogP contribution in [-0.2, 0) is 17.7 Å². The lowest BCUT2D eigenvalue weighted by Gasteiger charge is -2.12. The molecule has 0 spiro atoms. The number of benzene rings is 1. The van der Waals surface area contributed by atoms with Gasteiger partial charge in [0.1, 0.15) is 0 Å². The maximum atomic E-state index is 5.90. The van der Waals surface area contributed by atoms with Crippen molar-refractivity contribution in [3.63, 3.8) is 0 Å². The molecule has 18 heavy (non-hydrogen) atoms. The van der Waals surface area contributed by atoms with Crippen molar-refractivity contribution in [1.29, 1.82) is 0 Å². The molecule has 0 amide bonds. The van der Waals surface area contributed by atoms with Gasteiger partial charge < -0.3 is 15.0 Å². The highest BCUT2D eigenvalue weighted by Gasteiger charge is 2.09. The van der Waals surface area contributed by atoms with Crippen molar-refractivity contribution in [2.45, 2.75) is 39.0 Å². The first-order chi connectivity index (χ1) is 8.61. The molecule has 2 unspecified atom stereocenters. The zero-order valence-corrected chi connectivity index (χ0v) is 11.4. The summed E-state index contributed by atoms with van der Waals surface area (Å²) < 4.78 is 7.57. The van der Waals surface area contributed by atoms with Crippen LogP contribution in [0.3, 0.4) is 0 Å². The van der Waals surface area contributed by atoms with E-state index in [9.17, 15) is 0 Å². The summed E-state index contributed by atoms with van der Waals surface area (Å²) in [6.45, 7) is 5.00. The van der Waals surface area contributed by atoms with Gasteiger partial charge in [-0.1, -0.05) is 12.1 Å². The largest absolute Gasteiger partial charge is 0.380 e. The lowest BCUT2D eigenvalue weighted by Crippen LogP contribution is -2.18. The fourth-order valence-corrected chi connectivity index (χ4v) is 2.32. The second-order valence-corrected chi connectivity index (χ2v) is 5.05. The van der Waals surface area contributed by atoms with Gasteiger partial charge in [0.05, 0.1) is 6.10 Å². The van der Waals surface area contributed by atoms with Gasteiger partial charge in [-0.2, -0.15) is 0 Å². The highest BCUT2D eigenvalue weighted by Crippen LogP contribution is 2.21. The van der Waals surface area contributed by atoms with E-state index in [0.29, 0.717) is 0 Å². The normalized spacial score (nSPS) is 14.9. The molecule has 0 fully saturated rings. The van der Waals surface area contributed by atoms with Crippen LogP contribution < -0.4 is 5.73 Å². The lowest BCUT2D eigenvalue weighted by molar-refractivity contribution is 0.104. The summed E-state index contributed by atoms with van der Waals surface area (Å²) in [6, 6.07) is 8.79. The average Bonchev–Trinajstić information content (AvgIpc) is 2.73. The summed E-state index contributed by atoms with van der Waals surface area (Å²) in [5, 5.41) is 1.30. The molecule has 2 N–H and O–H groups in total. The number of rotatable bonds is 5. The van der Waals surface area contributed by atoms with Crippen molar-refractivity contribution < 1.29 is 4.74 Å². The summed E-state index contributed by atoms with van der Waals surface area (Å²) in [7, 11) is 1.75. The molecule has 1 aromatic carbocycles. The van der Waals surface area contributed by atoms with Crippen LogP contribution >= 0.6 is 0 Å². The number of nitrogens with two attached hydrogens (primary N) is 1. The Bertz CT molecular complexity index is 516. The molecule has 3 nitrogen and oxygen atoms in total. The average molecular weight is 246 g/mol. The molecule has 3 heteroatoms. The van der Waals surface area contributed by atoms with E-state index in [1.54, 1.807) is 7.11 Å². The molecule has 0 saturated heterocycles. The predicted octanol–water partition coefficient (Wildman–Crippen LogP) is 2.57. The van der Waals surface area contributed by atoms with Gasteiger partial charge in [-0.3, -0.25) is 0 Å². The first kappa shape index (κ1) is 13.1. The topological polar surface area (TPSA) is 40.2 Å². The van der Waals surface area contributed by atoms with E-state index < -0.39 is 0 Å². The van der Waals surface area contributed by atoms with Crippen molar-refractivity contribution in [3.8, 4) is 0 Å². The fourth-order valence-electron chi connectivity index (χ4n) is 2.32. The molecule has 0 aliphatic heterocycles. The van der Waals surface area contributed by atoms with Crippen LogP contribution in [0.4, 0.5) is 0 Å². The number of fused-ring (bicyclic) bond motifs is 1. The number of aromatic nitrogens is 1. The molecule has 0 saturated carbocycles. The molecule has 2 rings (SSSR count). The summed E-state index contributed by atoms with van der Waals surface area (Å²) in [5.74, 6) is 0. The summed E-state index contributed by atoms with van der Waals surface area (Å²) >= 11 is 0. The third-order valence-electron chi connectivity index (χ3n) is 3.30. The molecular formula is C15H22N2O. The Morgan fingerprint density at radius 2 is 2.06 bits per heavy atom. The van der Waals surface area contributed by atoms with Crippen LogP contribution in [0.5, 0.6) is 0 Å². The molecule has 2 atom stereocenters. The number of hydrogen-bond acceptors (Lipinski definition) is 2. The van der Waals surface area contributed by atoms with E-state index >= 15 is 0 Å². The number of ether oxygens (including phenoxy) is 1. The van der Waals surface area contributed by atoms with E-state index in [4.69, 9.17) is 10.5 Å². The van der Waals surface area contributed by atoms with Gasteiger partial charge in [0.2, 0.25) is 0 Å². The monoisotopic (exact) mass is 246 g/mol. The van der Waals surface area contributed by atoms with Crippen LogP contribution in [0.15, 0.2) is 30.5 Å². The molecule has 0 aliphatic carbocycles. The van der Waals surface area contributed by atoms with E-state index in [1.165, 1.54) is 16.5 Å². The van der Waals surface area contributed by atoms with Gasteiger partial charge in [0.25, 0.3) is 0 Å². The minimum absolute atomic E-state index is 0.192. The smallest absolute Gasteiger partial charge is 0.0722 e. The third kappa shape index (κ3) is 2.74. The summed E-state index contributed by atoms with van der Waals surface area (Å²) in [5.41, 5.74) is 8.48. The Hall–Kier alpha value is -1.32. The third-order valence-corrected chi connectivity index (χ3v) is 3.30. The quantitative estimate of drug-likeness (QED) is 0.880. The fraction of sp³-hybridized carbons (Fsp3) is 0.467. The SMILES string of the molecule is COC(C)Cn1ccc2c(CC(C)N)cccc21. The van der Waals surface area contributed by atoms with Crippen LogP contribution in [-0.4, -0.2) is 23.8 Å². The van der Waals surface area contributed by atoms with Gasteiger partial charge >= 0.3 is 0 Å². The minimum Gasteiger partial charge on any atom is -0.380 e. The van der Waals surface area contributed by atoms with Crippen LogP contribution in [0.2, 0.25) is 0 Å². The maximum absolute atomic E-state index is 5.90. The molecule has 0 bridgehead atoms. The van der Waals surface area contributed by atoms with Crippen molar-refractivity contribution in [1.82, 2.24) is 4.57 Å². The van der Waals surface area contributed by atoms with E-state index in [0.717, 1.165) is 13.0 Å². The Morgan fingerprint density at radius 3 is 2.72 bits per heavy atom. The minimum atomic E-state index is 0.192. The first-order valence-corrected chi connectivity index (χ1v) is 6.47. The molecule has 1 aromatic heterocycles. The van der Waals surface area contributed by atoms with Crippen molar-refractivity contribution in [2.24, 2.45) is 5.73 Å². The Morgan fingerprint density at radius 1 is 1.28 bits per heavy atom. The zero-order chi connectivity index (χ0) is 13.1. The first-order valence-electron chi connectivity index (χ1n) is 6.47. The lowest BCUT2D eigenvalue weighted by atomic mass is 10.0. The van der Waals surface area contributed by atoms with Crippen molar-refractivity contribution in [2.75, 3.05) is 7.11 Å². The van der Waals surface area contributed by atoms with Crippen LogP contribution in [0.25, 0.3) is 10.9 Å². The van der Waals surface area contributed by atoms with E-state index in [2.05, 4.69) is 42.0 Å². The Balaban J connectivity index is 2.35. The van der Waals surface area contributed by atoms with Gasteiger partial charge in [-0.15, -0.1) is 0 Å². The van der Waals surface area contributed by atoms with E-state index in [-0.39, 0.29) is 12.1 Å². The molecule has 0 aliphatic rings. The van der Waals surface area contributed by atoms with Crippen LogP contribution in [0.1, 0.15) is 19.4 Å². The van der Waals surface area contributed by atoms with E-state index in [1.807, 2.05) is 6.92 Å². The van der Waals surface area contributed by atoms with Crippen molar-refractivity contribution in [3.05, 3.63) is 36.0 Å². The van der Waals surface area contributed by atoms with Gasteiger partial charge in [0, 0.05) is 36.8 Å². The zero-order valence-electron chi connectivity index (χ0n) is 11.4. The maximum Gasteiger partial charge on any atom is 0.0722 e.